The Labute approximate surface area is 211 Å². The number of halogens is 2. The van der Waals surface area contributed by atoms with E-state index in [2.05, 4.69) is 42.6 Å². The summed E-state index contributed by atoms with van der Waals surface area (Å²) in [6.07, 6.45) is 1.94. The van der Waals surface area contributed by atoms with E-state index < -0.39 is 15.8 Å². The van der Waals surface area contributed by atoms with Crippen LogP contribution in [0, 0.1) is 3.57 Å². The van der Waals surface area contributed by atoms with E-state index in [1.807, 2.05) is 30.3 Å². The number of hydrogen-bond donors (Lipinski definition) is 3. The van der Waals surface area contributed by atoms with Crippen LogP contribution in [-0.4, -0.2) is 32.2 Å². The van der Waals surface area contributed by atoms with Crippen LogP contribution in [-0.2, 0) is 21.1 Å². The van der Waals surface area contributed by atoms with Crippen LogP contribution in [0.15, 0.2) is 65.7 Å². The van der Waals surface area contributed by atoms with Gasteiger partial charge in [0.05, 0.1) is 18.2 Å². The largest absolute Gasteiger partial charge is 0.444 e. The lowest BCUT2D eigenvalue weighted by Crippen LogP contribution is -2.32. The molecule has 0 spiro atoms. The maximum Gasteiger partial charge on any atom is 0.419 e. The number of nitrogens with one attached hydrogen (secondary N) is 2. The van der Waals surface area contributed by atoms with Crippen molar-refractivity contribution in [3.05, 3.63) is 75.2 Å². The van der Waals surface area contributed by atoms with Crippen molar-refractivity contribution in [3.63, 3.8) is 0 Å². The monoisotopic (exact) mass is 599 g/mol. The summed E-state index contributed by atoms with van der Waals surface area (Å²) in [6, 6.07) is 15.9. The molecule has 2 aromatic carbocycles. The molecule has 1 heterocycles. The highest BCUT2D eigenvalue weighted by Gasteiger charge is 2.16. The molecule has 174 valence electrons. The molecule has 33 heavy (non-hydrogen) atoms. The minimum atomic E-state index is -3.06. The average Bonchev–Trinajstić information content (AvgIpc) is 2.80. The van der Waals surface area contributed by atoms with Gasteiger partial charge in [0.2, 0.25) is 5.28 Å². The molecule has 0 aliphatic carbocycles. The van der Waals surface area contributed by atoms with Crippen molar-refractivity contribution < 1.29 is 13.7 Å². The smallest absolute Gasteiger partial charge is 0.419 e. The molecule has 0 aliphatic rings. The summed E-state index contributed by atoms with van der Waals surface area (Å²) in [6.45, 7) is 0.633. The molecule has 8 nitrogen and oxygen atoms in total. The van der Waals surface area contributed by atoms with Gasteiger partial charge in [-0.1, -0.05) is 36.4 Å². The van der Waals surface area contributed by atoms with Gasteiger partial charge in [0.15, 0.2) is 0 Å². The Balaban J connectivity index is 1.66. The average molecular weight is 600 g/mol. The first-order valence-electron chi connectivity index (χ1n) is 9.99. The van der Waals surface area contributed by atoms with Crippen molar-refractivity contribution in [3.8, 4) is 0 Å². The van der Waals surface area contributed by atoms with Crippen molar-refractivity contribution in [1.29, 1.82) is 0 Å². The number of rotatable bonds is 9. The van der Waals surface area contributed by atoms with E-state index >= 15 is 0 Å². The standard InChI is InChI=1S/C22H23ClIN5O3S/c23-21-27-14-19(24)20(28-21)26-11-4-5-12-33(31,18-10-6-9-17(25)13-18)29-22(30)32-15-16-7-2-1-3-8-16/h1-3,6-10,12-14H,4-5,11,15,25H2,(H,26,27,28)(H,29,30,31). The van der Waals surface area contributed by atoms with Gasteiger partial charge in [-0.3, -0.25) is 0 Å². The summed E-state index contributed by atoms with van der Waals surface area (Å²) < 4.78 is 22.3. The van der Waals surface area contributed by atoms with Crippen molar-refractivity contribution in [1.82, 2.24) is 14.7 Å². The van der Waals surface area contributed by atoms with E-state index in [1.54, 1.807) is 35.8 Å². The van der Waals surface area contributed by atoms with E-state index in [4.69, 9.17) is 22.1 Å². The second kappa shape index (κ2) is 12.1. The van der Waals surface area contributed by atoms with Crippen LogP contribution in [0.5, 0.6) is 0 Å². The van der Waals surface area contributed by atoms with Crippen LogP contribution >= 0.6 is 34.2 Å². The number of amides is 1. The fourth-order valence-corrected chi connectivity index (χ4v) is 5.18. The van der Waals surface area contributed by atoms with E-state index in [9.17, 15) is 9.00 Å². The lowest BCUT2D eigenvalue weighted by molar-refractivity contribution is 0.146. The Hall–Kier alpha value is -2.57. The molecule has 3 aromatic rings. The molecule has 0 saturated carbocycles. The predicted molar refractivity (Wildman–Crippen MR) is 141 cm³/mol. The van der Waals surface area contributed by atoms with Gasteiger partial charge in [-0.25, -0.2) is 18.7 Å². The van der Waals surface area contributed by atoms with Crippen molar-refractivity contribution in [2.75, 3.05) is 17.6 Å². The number of carbonyl (C=O) groups excluding carboxylic acids is 1. The molecular weight excluding hydrogens is 577 g/mol. The third kappa shape index (κ3) is 7.76. The summed E-state index contributed by atoms with van der Waals surface area (Å²) in [4.78, 5) is 20.9. The number of benzene rings is 2. The van der Waals surface area contributed by atoms with Crippen LogP contribution in [0.4, 0.5) is 16.3 Å². The quantitative estimate of drug-likeness (QED) is 0.109. The number of nitrogens with two attached hydrogens (primary N) is 1. The van der Waals surface area contributed by atoms with Gasteiger partial charge >= 0.3 is 6.09 Å². The first-order chi connectivity index (χ1) is 15.9. The molecule has 0 radical (unpaired) electrons. The minimum Gasteiger partial charge on any atom is -0.444 e. The number of carbonyl (C=O) groups is 1. The molecule has 11 heteroatoms. The summed E-state index contributed by atoms with van der Waals surface area (Å²) in [5.74, 6) is 0.634. The second-order valence-corrected chi connectivity index (χ2v) is 10.6. The number of aromatic nitrogens is 2. The first-order valence-corrected chi connectivity index (χ1v) is 13.1. The number of anilines is 2. The van der Waals surface area contributed by atoms with Crippen LogP contribution in [0.2, 0.25) is 5.28 Å². The van der Waals surface area contributed by atoms with Crippen LogP contribution in [0.1, 0.15) is 18.4 Å². The number of hydrogen-bond acceptors (Lipinski definition) is 7. The summed E-state index contributed by atoms with van der Waals surface area (Å²) in [5, 5.41) is 4.93. The van der Waals surface area contributed by atoms with Crippen molar-refractivity contribution in [2.24, 2.45) is 0 Å². The molecule has 1 amide bonds. The van der Waals surface area contributed by atoms with Crippen LogP contribution in [0.25, 0.3) is 0 Å². The van der Waals surface area contributed by atoms with Crippen LogP contribution < -0.4 is 15.8 Å². The number of nitrogens with zero attached hydrogens (tertiary/aromatic N) is 2. The highest BCUT2D eigenvalue weighted by atomic mass is 127. The fourth-order valence-electron chi connectivity index (χ4n) is 2.80. The summed E-state index contributed by atoms with van der Waals surface area (Å²) >= 11 is 7.95. The molecule has 4 N–H and O–H groups in total. The molecular formula is C22H23ClIN5O3S. The Kier molecular flexibility index (Phi) is 9.15. The first kappa shape index (κ1) is 25.1. The molecule has 0 saturated heterocycles. The summed E-state index contributed by atoms with van der Waals surface area (Å²) in [5.41, 5.74) is 7.15. The van der Waals surface area contributed by atoms with Crippen molar-refractivity contribution >= 4 is 66.9 Å². The molecule has 0 aliphatic heterocycles. The Bertz CT molecular complexity index is 1220. The van der Waals surface area contributed by atoms with E-state index in [0.29, 0.717) is 35.8 Å². The topological polar surface area (TPSA) is 119 Å². The second-order valence-electron chi connectivity index (χ2n) is 6.91. The van der Waals surface area contributed by atoms with E-state index in [1.165, 1.54) is 0 Å². The molecule has 1 aromatic heterocycles. The normalized spacial score (nSPS) is 12.4. The van der Waals surface area contributed by atoms with E-state index in [0.717, 1.165) is 9.13 Å². The van der Waals surface area contributed by atoms with Crippen molar-refractivity contribution in [2.45, 2.75) is 24.3 Å². The lowest BCUT2D eigenvalue weighted by atomic mass is 10.2. The zero-order chi connectivity index (χ0) is 23.7. The Morgan fingerprint density at radius 1 is 1.21 bits per heavy atom. The lowest BCUT2D eigenvalue weighted by Gasteiger charge is -2.15. The Morgan fingerprint density at radius 3 is 2.76 bits per heavy atom. The van der Waals surface area contributed by atoms with Gasteiger partial charge in [0.1, 0.15) is 12.4 Å². The fraction of sp³-hybridized carbons (Fsp3) is 0.182. The Morgan fingerprint density at radius 2 is 2.00 bits per heavy atom. The predicted octanol–water partition coefficient (Wildman–Crippen LogP) is 4.50. The summed E-state index contributed by atoms with van der Waals surface area (Å²) in [7, 11) is -3.06. The van der Waals surface area contributed by atoms with Crippen LogP contribution in [0.3, 0.4) is 0 Å². The van der Waals surface area contributed by atoms with Gasteiger partial charge in [0.25, 0.3) is 0 Å². The van der Waals surface area contributed by atoms with Gasteiger partial charge in [-0.05, 0) is 76.2 Å². The SMILES string of the molecule is Nc1cccc(S(=O)(=CCCCNc2nc(Cl)ncc2I)NC(=O)OCc2ccccc2)c1. The molecule has 0 bridgehead atoms. The zero-order valence-corrected chi connectivity index (χ0v) is 21.3. The number of ether oxygens (including phenoxy) is 1. The maximum absolute atomic E-state index is 13.7. The highest BCUT2D eigenvalue weighted by Crippen LogP contribution is 2.17. The highest BCUT2D eigenvalue weighted by molar-refractivity contribution is 14.1. The number of nitrogen functional groups attached to an aromatic ring is 1. The van der Waals surface area contributed by atoms with Gasteiger partial charge in [-0.2, -0.15) is 4.98 Å². The third-order valence-electron chi connectivity index (χ3n) is 4.40. The van der Waals surface area contributed by atoms with Gasteiger partial charge in [0, 0.05) is 18.4 Å². The maximum atomic E-state index is 13.7. The van der Waals surface area contributed by atoms with Gasteiger partial charge < -0.3 is 15.8 Å². The molecule has 1 unspecified atom stereocenters. The minimum absolute atomic E-state index is 0.0726. The zero-order valence-electron chi connectivity index (χ0n) is 17.5. The third-order valence-corrected chi connectivity index (χ3v) is 7.50. The number of unbranched alkanes of at least 4 members (excludes halogenated alkanes) is 1. The molecule has 3 rings (SSSR count). The molecule has 1 atom stereocenters. The van der Waals surface area contributed by atoms with E-state index in [-0.39, 0.29) is 11.9 Å². The molecule has 0 fully saturated rings. The van der Waals surface area contributed by atoms with Gasteiger partial charge in [-0.15, -0.1) is 0 Å².